The molecule has 20 heavy (non-hydrogen) atoms. The van der Waals surface area contributed by atoms with Gasteiger partial charge in [0.05, 0.1) is 5.02 Å². The molecule has 1 heterocycles. The van der Waals surface area contributed by atoms with Gasteiger partial charge in [0.15, 0.2) is 23.3 Å². The number of nitrogens with zero attached hydrogens (tertiary/aromatic N) is 1. The molecule has 0 aliphatic heterocycles. The van der Waals surface area contributed by atoms with Gasteiger partial charge in [-0.3, -0.25) is 0 Å². The number of rotatable bonds is 2. The molecule has 2 rings (SSSR count). The SMILES string of the molecule is Fc1c(F)c(F)c(Nc2ncc(Br)cc2Cl)c(F)c1F. The number of pyridine rings is 1. The van der Waals surface area contributed by atoms with Gasteiger partial charge >= 0.3 is 0 Å². The third kappa shape index (κ3) is 2.57. The largest absolute Gasteiger partial charge is 0.334 e. The maximum Gasteiger partial charge on any atom is 0.200 e. The van der Waals surface area contributed by atoms with Gasteiger partial charge < -0.3 is 5.32 Å². The number of benzene rings is 1. The summed E-state index contributed by atoms with van der Waals surface area (Å²) in [6, 6.07) is 1.34. The molecule has 9 heteroatoms. The van der Waals surface area contributed by atoms with E-state index in [4.69, 9.17) is 11.6 Å². The lowest BCUT2D eigenvalue weighted by Gasteiger charge is -2.11. The van der Waals surface area contributed by atoms with Crippen LogP contribution in [0, 0.1) is 29.1 Å². The zero-order valence-electron chi connectivity index (χ0n) is 9.25. The second-order valence-corrected chi connectivity index (χ2v) is 4.88. The Hall–Kier alpha value is -1.41. The topological polar surface area (TPSA) is 24.9 Å². The molecule has 0 saturated carbocycles. The molecular formula is C11H3BrClF5N2. The number of hydrogen-bond donors (Lipinski definition) is 1. The Balaban J connectivity index is 2.54. The standard InChI is InChI=1S/C11H3BrClF5N2/c12-3-1-4(13)11(19-2-3)20-10-8(17)6(15)5(14)7(16)9(10)18/h1-2H,(H,19,20). The molecule has 1 N–H and O–H groups in total. The highest BCUT2D eigenvalue weighted by Crippen LogP contribution is 2.32. The average molecular weight is 374 g/mol. The lowest BCUT2D eigenvalue weighted by atomic mass is 10.2. The second kappa shape index (κ2) is 5.53. The predicted molar refractivity (Wildman–Crippen MR) is 66.5 cm³/mol. The average Bonchev–Trinajstić information content (AvgIpc) is 2.41. The van der Waals surface area contributed by atoms with Gasteiger partial charge in [-0.05, 0) is 22.0 Å². The highest BCUT2D eigenvalue weighted by Gasteiger charge is 2.26. The van der Waals surface area contributed by atoms with Crippen LogP contribution in [0.1, 0.15) is 0 Å². The minimum atomic E-state index is -2.24. The van der Waals surface area contributed by atoms with Crippen LogP contribution in [0.4, 0.5) is 33.5 Å². The quantitative estimate of drug-likeness (QED) is 0.458. The maximum absolute atomic E-state index is 13.4. The first kappa shape index (κ1) is 15.0. The molecule has 0 aliphatic carbocycles. The van der Waals surface area contributed by atoms with Crippen LogP contribution < -0.4 is 5.32 Å². The smallest absolute Gasteiger partial charge is 0.200 e. The molecule has 106 valence electrons. The molecule has 0 spiro atoms. The fraction of sp³-hybridized carbons (Fsp3) is 0. The molecule has 0 aliphatic rings. The first-order chi connectivity index (χ1) is 9.32. The molecule has 0 fully saturated rings. The predicted octanol–water partition coefficient (Wildman–Crippen LogP) is 4.94. The number of anilines is 2. The number of hydrogen-bond acceptors (Lipinski definition) is 2. The summed E-state index contributed by atoms with van der Waals surface area (Å²) in [6.45, 7) is 0. The first-order valence-electron chi connectivity index (χ1n) is 4.92. The van der Waals surface area contributed by atoms with E-state index in [1.807, 2.05) is 5.32 Å². The third-order valence-electron chi connectivity index (χ3n) is 2.26. The van der Waals surface area contributed by atoms with Crippen LogP contribution in [0.2, 0.25) is 5.02 Å². The van der Waals surface area contributed by atoms with Gasteiger partial charge in [-0.1, -0.05) is 11.6 Å². The molecule has 2 nitrogen and oxygen atoms in total. The molecular weight excluding hydrogens is 370 g/mol. The van der Waals surface area contributed by atoms with Crippen molar-refractivity contribution in [3.05, 3.63) is 50.8 Å². The van der Waals surface area contributed by atoms with Crippen molar-refractivity contribution in [3.8, 4) is 0 Å². The Kier molecular flexibility index (Phi) is 4.14. The minimum absolute atomic E-state index is 0.0664. The lowest BCUT2D eigenvalue weighted by molar-refractivity contribution is 0.382. The number of aromatic nitrogens is 1. The van der Waals surface area contributed by atoms with Crippen LogP contribution in [0.15, 0.2) is 16.7 Å². The Morgan fingerprint density at radius 3 is 1.95 bits per heavy atom. The van der Waals surface area contributed by atoms with Gasteiger partial charge in [-0.15, -0.1) is 0 Å². The lowest BCUT2D eigenvalue weighted by Crippen LogP contribution is -2.07. The van der Waals surface area contributed by atoms with Crippen LogP contribution in [-0.4, -0.2) is 4.98 Å². The van der Waals surface area contributed by atoms with Gasteiger partial charge in [0.1, 0.15) is 11.5 Å². The second-order valence-electron chi connectivity index (χ2n) is 3.55. The summed E-state index contributed by atoms with van der Waals surface area (Å²) in [6.07, 6.45) is 1.24. The minimum Gasteiger partial charge on any atom is -0.334 e. The van der Waals surface area contributed by atoms with Crippen LogP contribution in [0.3, 0.4) is 0 Å². The van der Waals surface area contributed by atoms with Crippen molar-refractivity contribution >= 4 is 39.0 Å². The molecule has 2 aromatic rings. The normalized spacial score (nSPS) is 10.8. The van der Waals surface area contributed by atoms with Crippen molar-refractivity contribution in [2.24, 2.45) is 0 Å². The molecule has 0 unspecified atom stereocenters. The molecule has 1 aromatic carbocycles. The van der Waals surface area contributed by atoms with Crippen LogP contribution in [-0.2, 0) is 0 Å². The zero-order valence-corrected chi connectivity index (χ0v) is 11.6. The number of nitrogens with one attached hydrogen (secondary N) is 1. The van der Waals surface area contributed by atoms with E-state index in [1.54, 1.807) is 0 Å². The van der Waals surface area contributed by atoms with Gasteiger partial charge in [0, 0.05) is 10.7 Å². The zero-order chi connectivity index (χ0) is 15.0. The van der Waals surface area contributed by atoms with Crippen molar-refractivity contribution in [3.63, 3.8) is 0 Å². The highest BCUT2D eigenvalue weighted by atomic mass is 79.9. The number of halogens is 7. The monoisotopic (exact) mass is 372 g/mol. The van der Waals surface area contributed by atoms with Crippen LogP contribution >= 0.6 is 27.5 Å². The van der Waals surface area contributed by atoms with E-state index in [-0.39, 0.29) is 10.8 Å². The van der Waals surface area contributed by atoms with Crippen molar-refractivity contribution in [2.75, 3.05) is 5.32 Å². The first-order valence-corrected chi connectivity index (χ1v) is 6.09. The molecule has 0 atom stereocenters. The highest BCUT2D eigenvalue weighted by molar-refractivity contribution is 9.10. The summed E-state index contributed by atoms with van der Waals surface area (Å²) in [4.78, 5) is 3.68. The summed E-state index contributed by atoms with van der Waals surface area (Å²) in [5.74, 6) is -10.6. The van der Waals surface area contributed by atoms with Crippen molar-refractivity contribution in [1.82, 2.24) is 4.98 Å². The van der Waals surface area contributed by atoms with Crippen molar-refractivity contribution in [2.45, 2.75) is 0 Å². The van der Waals surface area contributed by atoms with Crippen molar-refractivity contribution < 1.29 is 22.0 Å². The molecule has 1 aromatic heterocycles. The maximum atomic E-state index is 13.4. The van der Waals surface area contributed by atoms with Gasteiger partial charge in [-0.25, -0.2) is 26.9 Å². The summed E-state index contributed by atoms with van der Waals surface area (Å²) in [7, 11) is 0. The summed E-state index contributed by atoms with van der Waals surface area (Å²) in [5.41, 5.74) is -1.22. The van der Waals surface area contributed by atoms with E-state index in [0.717, 1.165) is 0 Å². The van der Waals surface area contributed by atoms with Gasteiger partial charge in [0.25, 0.3) is 0 Å². The van der Waals surface area contributed by atoms with E-state index < -0.39 is 34.8 Å². The Morgan fingerprint density at radius 2 is 1.45 bits per heavy atom. The Morgan fingerprint density at radius 1 is 0.950 bits per heavy atom. The summed E-state index contributed by atoms with van der Waals surface area (Å²) >= 11 is 8.78. The summed E-state index contributed by atoms with van der Waals surface area (Å²) in [5, 5.41) is 1.92. The van der Waals surface area contributed by atoms with Crippen LogP contribution in [0.5, 0.6) is 0 Å². The molecule has 0 amide bonds. The molecule has 0 bridgehead atoms. The fourth-order valence-corrected chi connectivity index (χ4v) is 2.02. The van der Waals surface area contributed by atoms with E-state index in [9.17, 15) is 22.0 Å². The third-order valence-corrected chi connectivity index (χ3v) is 2.98. The van der Waals surface area contributed by atoms with Crippen LogP contribution in [0.25, 0.3) is 0 Å². The van der Waals surface area contributed by atoms with E-state index in [0.29, 0.717) is 4.47 Å². The van der Waals surface area contributed by atoms with E-state index >= 15 is 0 Å². The van der Waals surface area contributed by atoms with Gasteiger partial charge in [-0.2, -0.15) is 0 Å². The Bertz CT molecular complexity index is 666. The Labute approximate surface area is 122 Å². The van der Waals surface area contributed by atoms with Gasteiger partial charge in [0.2, 0.25) is 5.82 Å². The summed E-state index contributed by atoms with van der Waals surface area (Å²) < 4.78 is 66.2. The van der Waals surface area contributed by atoms with E-state index in [1.165, 1.54) is 12.3 Å². The fourth-order valence-electron chi connectivity index (χ4n) is 1.34. The van der Waals surface area contributed by atoms with Crippen molar-refractivity contribution in [1.29, 1.82) is 0 Å². The van der Waals surface area contributed by atoms with E-state index in [2.05, 4.69) is 20.9 Å². The molecule has 0 saturated heterocycles. The molecule has 0 radical (unpaired) electrons.